The van der Waals surface area contributed by atoms with Crippen LogP contribution in [0, 0.1) is 23.0 Å². The summed E-state index contributed by atoms with van der Waals surface area (Å²) < 4.78 is 29.9. The van der Waals surface area contributed by atoms with Gasteiger partial charge in [-0.05, 0) is 115 Å². The molecule has 1 saturated carbocycles. The van der Waals surface area contributed by atoms with Gasteiger partial charge < -0.3 is 19.8 Å². The van der Waals surface area contributed by atoms with E-state index in [0.717, 1.165) is 77.1 Å². The quantitative estimate of drug-likeness (QED) is 0.190. The van der Waals surface area contributed by atoms with Crippen molar-refractivity contribution in [2.24, 2.45) is 5.92 Å². The highest BCUT2D eigenvalue weighted by Crippen LogP contribution is 2.47. The van der Waals surface area contributed by atoms with Crippen LogP contribution in [0.25, 0.3) is 0 Å². The number of piperidine rings is 1. The highest BCUT2D eigenvalue weighted by Gasteiger charge is 2.39. The molecule has 0 bridgehead atoms. The summed E-state index contributed by atoms with van der Waals surface area (Å²) in [5.74, 6) is 0.681. The number of aryl methyl sites for hydroxylation is 1. The number of Topliss-reactive ketones (excluding diaryl/α,β-unsaturated/α-hetero) is 2. The molecule has 3 atom stereocenters. The first-order valence-corrected chi connectivity index (χ1v) is 20.3. The van der Waals surface area contributed by atoms with E-state index in [0.29, 0.717) is 41.3 Å². The minimum Gasteiger partial charge on any atom is -0.508 e. The van der Waals surface area contributed by atoms with Gasteiger partial charge in [0.1, 0.15) is 23.2 Å². The van der Waals surface area contributed by atoms with Crippen LogP contribution in [-0.2, 0) is 22.6 Å². The molecule has 3 aliphatic heterocycles. The molecule has 290 valence electrons. The summed E-state index contributed by atoms with van der Waals surface area (Å²) >= 11 is 0. The molecule has 3 heterocycles. The molecule has 1 unspecified atom stereocenters. The number of carbonyl (C=O) groups is 2. The largest absolute Gasteiger partial charge is 0.508 e. The summed E-state index contributed by atoms with van der Waals surface area (Å²) in [7, 11) is 0. The van der Waals surface area contributed by atoms with Gasteiger partial charge in [0.25, 0.3) is 0 Å². The Morgan fingerprint density at radius 1 is 0.750 bits per heavy atom. The first-order chi connectivity index (χ1) is 27.2. The summed E-state index contributed by atoms with van der Waals surface area (Å²) in [6, 6.07) is 24.8. The van der Waals surface area contributed by atoms with Crippen molar-refractivity contribution in [1.29, 1.82) is 5.41 Å². The fourth-order valence-corrected chi connectivity index (χ4v) is 10.2. The Morgan fingerprint density at radius 2 is 1.48 bits per heavy atom. The number of hydrogen-bond donors (Lipinski definition) is 2. The van der Waals surface area contributed by atoms with Crippen LogP contribution in [0.2, 0.25) is 0 Å². The third-order valence-electron chi connectivity index (χ3n) is 13.3. The SMILES string of the molecule is N=C1c2ccc(N3CCN(CC4CCN(c5ccc([C@H]6c7ccc(O)cc7CC[C@H]6c6ccc(F)cc6)cc5)CC4)CC3)c(F)c2CN1C1CCC(=O)CC1=O. The van der Waals surface area contributed by atoms with Gasteiger partial charge in [-0.2, -0.15) is 0 Å². The molecular weight excluding hydrogens is 709 g/mol. The van der Waals surface area contributed by atoms with Crippen LogP contribution >= 0.6 is 0 Å². The fourth-order valence-electron chi connectivity index (χ4n) is 10.2. The summed E-state index contributed by atoms with van der Waals surface area (Å²) in [4.78, 5) is 33.2. The Hall–Kier alpha value is -5.09. The van der Waals surface area contributed by atoms with Crippen LogP contribution in [0.4, 0.5) is 20.2 Å². The maximum absolute atomic E-state index is 16.0. The Balaban J connectivity index is 0.793. The average molecular weight is 758 g/mol. The second-order valence-electron chi connectivity index (χ2n) is 16.5. The van der Waals surface area contributed by atoms with Gasteiger partial charge >= 0.3 is 0 Å². The lowest BCUT2D eigenvalue weighted by molar-refractivity contribution is -0.132. The molecule has 2 aliphatic carbocycles. The van der Waals surface area contributed by atoms with E-state index in [4.69, 9.17) is 5.41 Å². The van der Waals surface area contributed by atoms with Crippen LogP contribution in [0.1, 0.15) is 83.7 Å². The smallest absolute Gasteiger partial charge is 0.162 e. The van der Waals surface area contributed by atoms with Crippen molar-refractivity contribution in [2.45, 2.75) is 69.4 Å². The second kappa shape index (κ2) is 15.1. The first-order valence-electron chi connectivity index (χ1n) is 20.3. The van der Waals surface area contributed by atoms with Crippen molar-refractivity contribution in [3.63, 3.8) is 0 Å². The van der Waals surface area contributed by atoms with E-state index >= 15 is 4.39 Å². The van der Waals surface area contributed by atoms with Crippen molar-refractivity contribution in [3.8, 4) is 5.75 Å². The zero-order valence-corrected chi connectivity index (χ0v) is 31.7. The summed E-state index contributed by atoms with van der Waals surface area (Å²) in [6.07, 6.45) is 4.67. The molecule has 4 aromatic rings. The van der Waals surface area contributed by atoms with E-state index in [2.05, 4.69) is 45.0 Å². The van der Waals surface area contributed by atoms with Gasteiger partial charge in [0, 0.05) is 81.5 Å². The molecule has 0 aromatic heterocycles. The number of carbonyl (C=O) groups excluding carboxylic acids is 2. The third kappa shape index (κ3) is 6.97. The predicted molar refractivity (Wildman–Crippen MR) is 214 cm³/mol. The van der Waals surface area contributed by atoms with E-state index < -0.39 is 6.04 Å². The lowest BCUT2D eigenvalue weighted by atomic mass is 9.69. The standard InChI is InChI=1S/C46H49F2N5O3/c47-33-6-1-30(2-7-33)37-12-5-32-25-35(54)10-13-38(32)44(37)31-3-8-34(9-4-31)51-19-17-29(18-20-51)27-50-21-23-52(24-22-50)42-16-14-39-40(45(42)48)28-53(46(39)49)41-15-11-36(55)26-43(41)56/h1-4,6-10,13-14,16,25,29,37,41,44,49,54H,5,11-12,15,17-24,26-28H2/t37-,41?,44+/m0/s1. The molecule has 3 fully saturated rings. The number of rotatable bonds is 7. The Kier molecular flexibility index (Phi) is 9.86. The molecule has 2 saturated heterocycles. The number of hydrogen-bond acceptors (Lipinski definition) is 7. The van der Waals surface area contributed by atoms with Gasteiger partial charge in [0.05, 0.1) is 18.2 Å². The van der Waals surface area contributed by atoms with Crippen molar-refractivity contribution in [3.05, 3.63) is 124 Å². The molecule has 0 spiro atoms. The number of phenols is 1. The number of nitrogens with one attached hydrogen (secondary N) is 1. The molecule has 56 heavy (non-hydrogen) atoms. The number of anilines is 2. The number of benzene rings is 4. The maximum atomic E-state index is 16.0. The number of aromatic hydroxyl groups is 1. The molecule has 0 amide bonds. The van der Waals surface area contributed by atoms with Crippen molar-refractivity contribution in [1.82, 2.24) is 9.80 Å². The van der Waals surface area contributed by atoms with Crippen molar-refractivity contribution in [2.75, 3.05) is 55.6 Å². The zero-order valence-electron chi connectivity index (χ0n) is 31.7. The normalized spacial score (nSPS) is 23.4. The summed E-state index contributed by atoms with van der Waals surface area (Å²) in [6.45, 7) is 6.45. The summed E-state index contributed by atoms with van der Waals surface area (Å²) in [5.41, 5.74) is 7.62. The number of halogens is 2. The lowest BCUT2D eigenvalue weighted by Gasteiger charge is -2.40. The van der Waals surface area contributed by atoms with Crippen molar-refractivity contribution < 1.29 is 23.5 Å². The summed E-state index contributed by atoms with van der Waals surface area (Å²) in [5, 5.41) is 18.9. The average Bonchev–Trinajstić information content (AvgIpc) is 3.55. The fraction of sp³-hybridized carbons (Fsp3) is 0.413. The van der Waals surface area contributed by atoms with Crippen LogP contribution in [0.5, 0.6) is 5.75 Å². The number of piperazine rings is 1. The molecule has 9 rings (SSSR count). The van der Waals surface area contributed by atoms with Gasteiger partial charge in [-0.3, -0.25) is 19.9 Å². The maximum Gasteiger partial charge on any atom is 0.162 e. The van der Waals surface area contributed by atoms with E-state index in [1.54, 1.807) is 29.2 Å². The minimum absolute atomic E-state index is 0.0560. The molecular formula is C46H49F2N5O3. The van der Waals surface area contributed by atoms with Crippen LogP contribution < -0.4 is 9.80 Å². The van der Waals surface area contributed by atoms with Gasteiger partial charge in [-0.25, -0.2) is 8.78 Å². The number of ketones is 2. The van der Waals surface area contributed by atoms with Gasteiger partial charge in [0.15, 0.2) is 11.6 Å². The van der Waals surface area contributed by atoms with E-state index in [9.17, 15) is 19.1 Å². The molecule has 0 radical (unpaired) electrons. The van der Waals surface area contributed by atoms with E-state index in [1.807, 2.05) is 24.3 Å². The second-order valence-corrected chi connectivity index (χ2v) is 16.5. The minimum atomic E-state index is -0.530. The Morgan fingerprint density at radius 3 is 2.21 bits per heavy atom. The predicted octanol–water partition coefficient (Wildman–Crippen LogP) is 7.40. The first kappa shape index (κ1) is 36.5. The van der Waals surface area contributed by atoms with Crippen LogP contribution in [0.15, 0.2) is 78.9 Å². The van der Waals surface area contributed by atoms with Gasteiger partial charge in [-0.15, -0.1) is 0 Å². The Bertz CT molecular complexity index is 2140. The zero-order chi connectivity index (χ0) is 38.5. The molecule has 8 nitrogen and oxygen atoms in total. The van der Waals surface area contributed by atoms with Crippen LogP contribution in [-0.4, -0.2) is 84.2 Å². The third-order valence-corrected chi connectivity index (χ3v) is 13.3. The van der Waals surface area contributed by atoms with Crippen LogP contribution in [0.3, 0.4) is 0 Å². The molecule has 2 N–H and O–H groups in total. The van der Waals surface area contributed by atoms with E-state index in [-0.39, 0.29) is 53.8 Å². The lowest BCUT2D eigenvalue weighted by Crippen LogP contribution is -2.49. The number of phenolic OH excluding ortho intramolecular Hbond substituents is 1. The monoisotopic (exact) mass is 757 g/mol. The van der Waals surface area contributed by atoms with Crippen molar-refractivity contribution >= 4 is 28.8 Å². The number of nitrogens with zero attached hydrogens (tertiary/aromatic N) is 4. The van der Waals surface area contributed by atoms with E-state index in [1.165, 1.54) is 22.4 Å². The highest BCUT2D eigenvalue weighted by molar-refractivity contribution is 6.08. The molecule has 10 heteroatoms. The highest BCUT2D eigenvalue weighted by atomic mass is 19.1. The van der Waals surface area contributed by atoms with Gasteiger partial charge in [-0.1, -0.05) is 30.3 Å². The number of fused-ring (bicyclic) bond motifs is 2. The number of amidine groups is 1. The van der Waals surface area contributed by atoms with Gasteiger partial charge in [0.2, 0.25) is 0 Å². The Labute approximate surface area is 327 Å². The topological polar surface area (TPSA) is 91.2 Å². The molecule has 4 aromatic carbocycles. The molecule has 5 aliphatic rings.